The fraction of sp³-hybridized carbons (Fsp3) is 0.370. The number of hydrogen-bond acceptors (Lipinski definition) is 1. The Labute approximate surface area is 326 Å². The monoisotopic (exact) mass is 823 g/mol. The zero-order chi connectivity index (χ0) is 36.1. The van der Waals surface area contributed by atoms with Crippen LogP contribution in [0, 0.1) is 0 Å². The van der Waals surface area contributed by atoms with E-state index < -0.39 is 0 Å². The third-order valence-corrected chi connectivity index (χ3v) is 12.9. The SMILES string of the molecule is CCCCN1/C(=C/C=C2\CCCC(/C=C/C3=[N+](CCCC)c4ccc5cc(Br)ccc5c4C3(C)C)=C2Cl)C(C)(C)c2c1ccc1cc(Br)ccc21. The first-order valence-electron chi connectivity index (χ1n) is 18.8. The van der Waals surface area contributed by atoms with Gasteiger partial charge in [-0.25, -0.2) is 0 Å². The fourth-order valence-electron chi connectivity index (χ4n) is 8.81. The molecule has 4 aromatic rings. The van der Waals surface area contributed by atoms with Gasteiger partial charge in [-0.15, -0.1) is 0 Å². The molecule has 264 valence electrons. The number of benzene rings is 4. The Kier molecular flexibility index (Phi) is 10.3. The van der Waals surface area contributed by atoms with Crippen LogP contribution in [0.2, 0.25) is 0 Å². The smallest absolute Gasteiger partial charge is 0.210 e. The molecule has 2 nitrogen and oxygen atoms in total. The van der Waals surface area contributed by atoms with Crippen LogP contribution < -0.4 is 4.90 Å². The first-order valence-corrected chi connectivity index (χ1v) is 20.8. The van der Waals surface area contributed by atoms with Crippen LogP contribution in [0.25, 0.3) is 21.5 Å². The summed E-state index contributed by atoms with van der Waals surface area (Å²) >= 11 is 14.7. The van der Waals surface area contributed by atoms with Crippen molar-refractivity contribution in [3.8, 4) is 0 Å². The number of fused-ring (bicyclic) bond motifs is 6. The van der Waals surface area contributed by atoms with E-state index in [0.29, 0.717) is 0 Å². The third-order valence-electron chi connectivity index (χ3n) is 11.4. The molecule has 0 aromatic heterocycles. The molecule has 2 heterocycles. The standard InChI is InChI=1S/C46H50Br2ClN2/c1-7-9-26-50-38-22-14-32-28-34(47)18-20-36(32)42(38)45(3,4)40(50)24-16-30-12-11-13-31(44(30)49)17-25-41-46(5,6)43-37-21-19-35(48)29-33(37)15-23-39(43)51(41)27-10-8-2/h14-25,28-29H,7-13,26-27H2,1-6H3/q+1. The Morgan fingerprint density at radius 2 is 1.43 bits per heavy atom. The van der Waals surface area contributed by atoms with Gasteiger partial charge in [-0.05, 0) is 120 Å². The molecule has 0 fully saturated rings. The fourth-order valence-corrected chi connectivity index (χ4v) is 9.88. The summed E-state index contributed by atoms with van der Waals surface area (Å²) in [4.78, 5) is 2.57. The van der Waals surface area contributed by atoms with Gasteiger partial charge in [0.2, 0.25) is 5.69 Å². The second kappa shape index (κ2) is 14.5. The summed E-state index contributed by atoms with van der Waals surface area (Å²) in [6.45, 7) is 16.1. The highest BCUT2D eigenvalue weighted by Crippen LogP contribution is 2.51. The molecular weight excluding hydrogens is 776 g/mol. The van der Waals surface area contributed by atoms with Crippen LogP contribution in [0.5, 0.6) is 0 Å². The van der Waals surface area contributed by atoms with Crippen molar-refractivity contribution in [3.63, 3.8) is 0 Å². The maximum absolute atomic E-state index is 7.35. The van der Waals surface area contributed by atoms with Gasteiger partial charge in [0.15, 0.2) is 5.71 Å². The molecule has 0 atom stereocenters. The van der Waals surface area contributed by atoms with E-state index in [1.165, 1.54) is 66.6 Å². The van der Waals surface area contributed by atoms with Crippen LogP contribution in [-0.2, 0) is 10.8 Å². The summed E-state index contributed by atoms with van der Waals surface area (Å²) in [5.74, 6) is 0. The summed E-state index contributed by atoms with van der Waals surface area (Å²) in [6, 6.07) is 22.6. The molecule has 0 amide bonds. The van der Waals surface area contributed by atoms with Gasteiger partial charge in [0.05, 0.1) is 5.41 Å². The summed E-state index contributed by atoms with van der Waals surface area (Å²) in [5.41, 5.74) is 10.4. The van der Waals surface area contributed by atoms with Crippen molar-refractivity contribution in [2.45, 2.75) is 97.3 Å². The lowest BCUT2D eigenvalue weighted by atomic mass is 9.78. The number of unbranched alkanes of at least 4 members (excludes halogenated alkanes) is 2. The van der Waals surface area contributed by atoms with Crippen molar-refractivity contribution in [1.82, 2.24) is 0 Å². The molecule has 5 heteroatoms. The van der Waals surface area contributed by atoms with Crippen molar-refractivity contribution in [2.24, 2.45) is 0 Å². The zero-order valence-electron chi connectivity index (χ0n) is 31.0. The molecular formula is C46H50Br2ClN2+. The van der Waals surface area contributed by atoms with Gasteiger partial charge in [0, 0.05) is 61.4 Å². The highest BCUT2D eigenvalue weighted by Gasteiger charge is 2.45. The van der Waals surface area contributed by atoms with Crippen molar-refractivity contribution in [1.29, 1.82) is 0 Å². The molecule has 7 rings (SSSR count). The topological polar surface area (TPSA) is 6.25 Å². The van der Waals surface area contributed by atoms with Gasteiger partial charge in [0.1, 0.15) is 6.54 Å². The number of hydrogen-bond donors (Lipinski definition) is 0. The maximum atomic E-state index is 7.35. The minimum atomic E-state index is -0.136. The van der Waals surface area contributed by atoms with E-state index in [9.17, 15) is 0 Å². The second-order valence-electron chi connectivity index (χ2n) is 15.6. The number of nitrogens with zero attached hydrogens (tertiary/aromatic N) is 2. The first-order chi connectivity index (χ1) is 24.5. The average Bonchev–Trinajstić information content (AvgIpc) is 3.46. The Hall–Kier alpha value is -2.92. The first kappa shape index (κ1) is 36.4. The molecule has 0 spiro atoms. The Bertz CT molecular complexity index is 2200. The normalized spacial score (nSPS) is 19.8. The van der Waals surface area contributed by atoms with Gasteiger partial charge in [-0.3, -0.25) is 0 Å². The van der Waals surface area contributed by atoms with Crippen molar-refractivity contribution < 1.29 is 4.58 Å². The molecule has 2 aliphatic heterocycles. The lowest BCUT2D eigenvalue weighted by Crippen LogP contribution is -2.28. The molecule has 51 heavy (non-hydrogen) atoms. The highest BCUT2D eigenvalue weighted by atomic mass is 79.9. The van der Waals surface area contributed by atoms with E-state index in [1.54, 1.807) is 0 Å². The largest absolute Gasteiger partial charge is 0.344 e. The minimum Gasteiger partial charge on any atom is -0.344 e. The van der Waals surface area contributed by atoms with E-state index in [4.69, 9.17) is 11.6 Å². The summed E-state index contributed by atoms with van der Waals surface area (Å²) in [5, 5.41) is 6.15. The van der Waals surface area contributed by atoms with Crippen molar-refractivity contribution >= 4 is 82.1 Å². The second-order valence-corrected chi connectivity index (χ2v) is 17.8. The third kappa shape index (κ3) is 6.53. The molecule has 0 saturated carbocycles. The average molecular weight is 826 g/mol. The Morgan fingerprint density at radius 3 is 2.12 bits per heavy atom. The molecule has 1 aliphatic carbocycles. The van der Waals surface area contributed by atoms with E-state index in [2.05, 4.69) is 168 Å². The quantitative estimate of drug-likeness (QED) is 0.152. The molecule has 0 unspecified atom stereocenters. The van der Waals surface area contributed by atoms with Crippen LogP contribution >= 0.6 is 43.5 Å². The van der Waals surface area contributed by atoms with Crippen LogP contribution in [0.15, 0.2) is 116 Å². The van der Waals surface area contributed by atoms with E-state index in [0.717, 1.165) is 72.0 Å². The van der Waals surface area contributed by atoms with Crippen LogP contribution in [0.4, 0.5) is 11.4 Å². The van der Waals surface area contributed by atoms with Gasteiger partial charge < -0.3 is 4.90 Å². The number of allylic oxidation sites excluding steroid dienone is 8. The number of rotatable bonds is 9. The predicted octanol–water partition coefficient (Wildman–Crippen LogP) is 14.3. The molecule has 0 saturated heterocycles. The van der Waals surface area contributed by atoms with Crippen LogP contribution in [-0.4, -0.2) is 23.4 Å². The molecule has 0 N–H and O–H groups in total. The summed E-state index contributed by atoms with van der Waals surface area (Å²) < 4.78 is 4.81. The minimum absolute atomic E-state index is 0.136. The number of anilines is 1. The van der Waals surface area contributed by atoms with Gasteiger partial charge in [-0.1, -0.05) is 114 Å². The van der Waals surface area contributed by atoms with Crippen LogP contribution in [0.3, 0.4) is 0 Å². The molecule has 0 radical (unpaired) electrons. The molecule has 4 aromatic carbocycles. The lowest BCUT2D eigenvalue weighted by molar-refractivity contribution is -0.438. The summed E-state index contributed by atoms with van der Waals surface area (Å²) in [6.07, 6.45) is 17.1. The van der Waals surface area contributed by atoms with Crippen molar-refractivity contribution in [2.75, 3.05) is 18.0 Å². The lowest BCUT2D eigenvalue weighted by Gasteiger charge is -2.27. The predicted molar refractivity (Wildman–Crippen MR) is 228 cm³/mol. The highest BCUT2D eigenvalue weighted by molar-refractivity contribution is 9.10. The summed E-state index contributed by atoms with van der Waals surface area (Å²) in [7, 11) is 0. The Balaban J connectivity index is 1.26. The molecule has 3 aliphatic rings. The van der Waals surface area contributed by atoms with Crippen LogP contribution in [0.1, 0.15) is 97.6 Å². The number of halogens is 3. The van der Waals surface area contributed by atoms with E-state index >= 15 is 0 Å². The maximum Gasteiger partial charge on any atom is 0.210 e. The zero-order valence-corrected chi connectivity index (χ0v) is 34.9. The van der Waals surface area contributed by atoms with E-state index in [1.807, 2.05) is 0 Å². The van der Waals surface area contributed by atoms with Crippen molar-refractivity contribution in [3.05, 3.63) is 127 Å². The van der Waals surface area contributed by atoms with Gasteiger partial charge in [-0.2, -0.15) is 4.58 Å². The molecule has 0 bridgehead atoms. The Morgan fingerprint density at radius 1 is 0.765 bits per heavy atom. The van der Waals surface area contributed by atoms with E-state index in [-0.39, 0.29) is 10.8 Å². The van der Waals surface area contributed by atoms with Gasteiger partial charge >= 0.3 is 0 Å². The van der Waals surface area contributed by atoms with Gasteiger partial charge in [0.25, 0.3) is 0 Å².